The normalized spacial score (nSPS) is 14.6. The fourth-order valence-electron chi connectivity index (χ4n) is 2.27. The molecule has 0 aliphatic carbocycles. The van der Waals surface area contributed by atoms with Crippen molar-refractivity contribution in [3.63, 3.8) is 0 Å². The molecule has 1 aliphatic rings. The second-order valence-electron chi connectivity index (χ2n) is 4.33. The molecule has 3 N–H and O–H groups in total. The molecule has 1 aliphatic heterocycles. The molecule has 0 saturated heterocycles. The van der Waals surface area contributed by atoms with Gasteiger partial charge in [-0.05, 0) is 36.2 Å². The van der Waals surface area contributed by atoms with E-state index in [-0.39, 0.29) is 0 Å². The number of benzene rings is 1. The van der Waals surface area contributed by atoms with E-state index in [1.165, 1.54) is 11.3 Å². The third-order valence-electron chi connectivity index (χ3n) is 3.21. The van der Waals surface area contributed by atoms with Crippen molar-refractivity contribution >= 4 is 0 Å². The van der Waals surface area contributed by atoms with Gasteiger partial charge in [-0.3, -0.25) is 0 Å². The third-order valence-corrected chi connectivity index (χ3v) is 3.21. The maximum Gasteiger partial charge on any atom is 0.0652 e. The van der Waals surface area contributed by atoms with Crippen molar-refractivity contribution in [1.29, 1.82) is 0 Å². The second-order valence-corrected chi connectivity index (χ2v) is 4.33. The Morgan fingerprint density at radius 2 is 2.35 bits per heavy atom. The van der Waals surface area contributed by atoms with Crippen LogP contribution in [0.25, 0.3) is 5.69 Å². The lowest BCUT2D eigenvalue weighted by Gasteiger charge is -2.15. The van der Waals surface area contributed by atoms with E-state index in [0.717, 1.165) is 30.8 Å². The molecule has 2 aromatic rings. The summed E-state index contributed by atoms with van der Waals surface area (Å²) >= 11 is 0. The van der Waals surface area contributed by atoms with E-state index < -0.39 is 0 Å². The van der Waals surface area contributed by atoms with Gasteiger partial charge in [0.25, 0.3) is 0 Å². The largest absolute Gasteiger partial charge is 0.326 e. The molecule has 2 heterocycles. The lowest BCUT2D eigenvalue weighted by molar-refractivity contribution is 0.614. The van der Waals surface area contributed by atoms with Gasteiger partial charge in [-0.2, -0.15) is 5.10 Å². The van der Waals surface area contributed by atoms with Crippen molar-refractivity contribution in [2.75, 3.05) is 6.54 Å². The molecule has 0 radical (unpaired) electrons. The Labute approximate surface area is 100 Å². The molecule has 0 saturated carbocycles. The molecule has 0 spiro atoms. The average molecular weight is 228 g/mol. The van der Waals surface area contributed by atoms with Crippen molar-refractivity contribution in [3.8, 4) is 5.69 Å². The highest BCUT2D eigenvalue weighted by molar-refractivity contribution is 5.38. The van der Waals surface area contributed by atoms with E-state index in [4.69, 9.17) is 5.73 Å². The number of hydrogen-bond donors (Lipinski definition) is 2. The Bertz CT molecular complexity index is 530. The van der Waals surface area contributed by atoms with E-state index in [0.29, 0.717) is 6.54 Å². The smallest absolute Gasteiger partial charge is 0.0652 e. The van der Waals surface area contributed by atoms with Gasteiger partial charge in [-0.15, -0.1) is 0 Å². The minimum atomic E-state index is 0.565. The standard InChI is InChI=1S/C13H16N4/c14-7-10-2-1-3-12(6-10)17-13-9-15-5-4-11(13)8-16-17/h1-3,6,8,15H,4-5,7,9,14H2. The number of fused-ring (bicyclic) bond motifs is 1. The number of hydrogen-bond acceptors (Lipinski definition) is 3. The van der Waals surface area contributed by atoms with Gasteiger partial charge in [0.15, 0.2) is 0 Å². The number of aromatic nitrogens is 2. The maximum atomic E-state index is 5.67. The molecule has 17 heavy (non-hydrogen) atoms. The molecule has 0 unspecified atom stereocenters. The summed E-state index contributed by atoms with van der Waals surface area (Å²) in [6.07, 6.45) is 3.04. The molecule has 0 amide bonds. The van der Waals surface area contributed by atoms with Gasteiger partial charge in [0.05, 0.1) is 17.6 Å². The summed E-state index contributed by atoms with van der Waals surface area (Å²) in [7, 11) is 0. The first-order valence-electron chi connectivity index (χ1n) is 5.94. The minimum absolute atomic E-state index is 0.565. The Hall–Kier alpha value is -1.65. The molecule has 4 nitrogen and oxygen atoms in total. The first kappa shape index (κ1) is 10.5. The molecular formula is C13H16N4. The summed E-state index contributed by atoms with van der Waals surface area (Å²) in [6, 6.07) is 8.24. The number of nitrogens with two attached hydrogens (primary N) is 1. The number of rotatable bonds is 2. The van der Waals surface area contributed by atoms with Crippen molar-refractivity contribution in [1.82, 2.24) is 15.1 Å². The highest BCUT2D eigenvalue weighted by Crippen LogP contribution is 2.18. The van der Waals surface area contributed by atoms with Crippen LogP contribution >= 0.6 is 0 Å². The topological polar surface area (TPSA) is 55.9 Å². The number of nitrogens with one attached hydrogen (secondary N) is 1. The van der Waals surface area contributed by atoms with Gasteiger partial charge in [0.2, 0.25) is 0 Å². The van der Waals surface area contributed by atoms with Crippen LogP contribution in [0.15, 0.2) is 30.5 Å². The van der Waals surface area contributed by atoms with Gasteiger partial charge >= 0.3 is 0 Å². The quantitative estimate of drug-likeness (QED) is 0.805. The summed E-state index contributed by atoms with van der Waals surface area (Å²) in [6.45, 7) is 2.50. The fraction of sp³-hybridized carbons (Fsp3) is 0.308. The summed E-state index contributed by atoms with van der Waals surface area (Å²) in [4.78, 5) is 0. The van der Waals surface area contributed by atoms with Crippen molar-refractivity contribution in [2.24, 2.45) is 5.73 Å². The zero-order valence-corrected chi connectivity index (χ0v) is 9.69. The summed E-state index contributed by atoms with van der Waals surface area (Å²) in [5.74, 6) is 0. The third kappa shape index (κ3) is 1.85. The Balaban J connectivity index is 2.05. The predicted molar refractivity (Wildman–Crippen MR) is 66.9 cm³/mol. The van der Waals surface area contributed by atoms with Crippen LogP contribution in [-0.2, 0) is 19.5 Å². The summed E-state index contributed by atoms with van der Waals surface area (Å²) in [5, 5.41) is 7.86. The molecule has 1 aromatic heterocycles. The van der Waals surface area contributed by atoms with Gasteiger partial charge in [0.1, 0.15) is 0 Å². The first-order chi connectivity index (χ1) is 8.38. The molecule has 4 heteroatoms. The highest BCUT2D eigenvalue weighted by Gasteiger charge is 2.15. The Morgan fingerprint density at radius 3 is 3.24 bits per heavy atom. The van der Waals surface area contributed by atoms with Crippen LogP contribution in [0.4, 0.5) is 0 Å². The van der Waals surface area contributed by atoms with Gasteiger partial charge in [-0.1, -0.05) is 12.1 Å². The Kier molecular flexibility index (Phi) is 2.66. The van der Waals surface area contributed by atoms with Crippen molar-refractivity contribution in [2.45, 2.75) is 19.5 Å². The van der Waals surface area contributed by atoms with E-state index >= 15 is 0 Å². The molecule has 0 fully saturated rings. The maximum absolute atomic E-state index is 5.67. The molecule has 1 aromatic carbocycles. The van der Waals surface area contributed by atoms with E-state index in [9.17, 15) is 0 Å². The fourth-order valence-corrected chi connectivity index (χ4v) is 2.27. The highest BCUT2D eigenvalue weighted by atomic mass is 15.3. The van der Waals surface area contributed by atoms with Crippen molar-refractivity contribution < 1.29 is 0 Å². The zero-order chi connectivity index (χ0) is 11.7. The number of nitrogens with zero attached hydrogens (tertiary/aromatic N) is 2. The van der Waals surface area contributed by atoms with Crippen LogP contribution < -0.4 is 11.1 Å². The van der Waals surface area contributed by atoms with E-state index in [1.807, 2.05) is 23.0 Å². The van der Waals surface area contributed by atoms with E-state index in [2.05, 4.69) is 22.5 Å². The predicted octanol–water partition coefficient (Wildman–Crippen LogP) is 0.977. The molecule has 3 rings (SSSR count). The first-order valence-corrected chi connectivity index (χ1v) is 5.94. The molecule has 0 atom stereocenters. The molecular weight excluding hydrogens is 212 g/mol. The summed E-state index contributed by atoms with van der Waals surface area (Å²) < 4.78 is 2.01. The van der Waals surface area contributed by atoms with Crippen LogP contribution in [0.5, 0.6) is 0 Å². The van der Waals surface area contributed by atoms with Crippen molar-refractivity contribution in [3.05, 3.63) is 47.3 Å². The van der Waals surface area contributed by atoms with Crippen LogP contribution in [0.3, 0.4) is 0 Å². The summed E-state index contributed by atoms with van der Waals surface area (Å²) in [5.41, 5.74) is 10.5. The van der Waals surface area contributed by atoms with Crippen LogP contribution in [0.2, 0.25) is 0 Å². The van der Waals surface area contributed by atoms with Gasteiger partial charge in [-0.25, -0.2) is 4.68 Å². The minimum Gasteiger partial charge on any atom is -0.326 e. The lowest BCUT2D eigenvalue weighted by atomic mass is 10.1. The van der Waals surface area contributed by atoms with Gasteiger partial charge in [0, 0.05) is 13.1 Å². The average Bonchev–Trinajstić information content (AvgIpc) is 2.82. The molecule has 88 valence electrons. The van der Waals surface area contributed by atoms with Crippen LogP contribution in [-0.4, -0.2) is 16.3 Å². The zero-order valence-electron chi connectivity index (χ0n) is 9.69. The van der Waals surface area contributed by atoms with Crippen LogP contribution in [0, 0.1) is 0 Å². The van der Waals surface area contributed by atoms with E-state index in [1.54, 1.807) is 0 Å². The van der Waals surface area contributed by atoms with Crippen LogP contribution in [0.1, 0.15) is 16.8 Å². The van der Waals surface area contributed by atoms with Gasteiger partial charge < -0.3 is 11.1 Å². The second kappa shape index (κ2) is 4.31. The molecule has 0 bridgehead atoms. The lowest BCUT2D eigenvalue weighted by Crippen LogP contribution is -2.24. The Morgan fingerprint density at radius 1 is 1.41 bits per heavy atom. The SMILES string of the molecule is NCc1cccc(-n2ncc3c2CNCC3)c1. The monoisotopic (exact) mass is 228 g/mol.